The van der Waals surface area contributed by atoms with Gasteiger partial charge in [0.1, 0.15) is 10.7 Å². The molecule has 0 amide bonds. The van der Waals surface area contributed by atoms with E-state index in [1.807, 2.05) is 35.7 Å². The molecule has 1 aromatic carbocycles. The lowest BCUT2D eigenvalue weighted by molar-refractivity contribution is 0.104. The zero-order chi connectivity index (χ0) is 15.3. The van der Waals surface area contributed by atoms with Crippen molar-refractivity contribution >= 4 is 29.3 Å². The van der Waals surface area contributed by atoms with Crippen molar-refractivity contribution in [3.63, 3.8) is 0 Å². The first kappa shape index (κ1) is 13.1. The molecule has 3 aromatic rings. The van der Waals surface area contributed by atoms with Crippen LogP contribution in [0.15, 0.2) is 41.8 Å². The summed E-state index contributed by atoms with van der Waals surface area (Å²) in [5.74, 6) is -0.0586. The molecule has 0 saturated carbocycles. The first-order chi connectivity index (χ1) is 10.7. The van der Waals surface area contributed by atoms with Crippen LogP contribution in [0.25, 0.3) is 21.7 Å². The Bertz CT molecular complexity index is 1020. The van der Waals surface area contributed by atoms with Crippen LogP contribution in [0.5, 0.6) is 0 Å². The molecule has 1 N–H and O–H groups in total. The molecule has 4 rings (SSSR count). The van der Waals surface area contributed by atoms with Gasteiger partial charge < -0.3 is 4.98 Å². The fourth-order valence-electron chi connectivity index (χ4n) is 2.84. The predicted octanol–water partition coefficient (Wildman–Crippen LogP) is 4.56. The number of hydrogen-bond acceptors (Lipinski definition) is 4. The number of ketones is 1. The van der Waals surface area contributed by atoms with Gasteiger partial charge in [-0.2, -0.15) is 5.26 Å². The number of nitriles is 1. The Balaban J connectivity index is 2.19. The number of fused-ring (bicyclic) bond motifs is 3. The summed E-state index contributed by atoms with van der Waals surface area (Å²) in [5, 5.41) is 11.4. The van der Waals surface area contributed by atoms with E-state index in [4.69, 9.17) is 12.2 Å². The van der Waals surface area contributed by atoms with Crippen molar-refractivity contribution in [2.45, 2.75) is 0 Å². The molecular weight excluding hydrogens is 312 g/mol. The van der Waals surface area contributed by atoms with E-state index in [1.54, 1.807) is 6.07 Å². The molecule has 22 heavy (non-hydrogen) atoms. The van der Waals surface area contributed by atoms with Crippen LogP contribution in [0.4, 0.5) is 0 Å². The molecule has 104 valence electrons. The highest BCUT2D eigenvalue weighted by molar-refractivity contribution is 7.71. The summed E-state index contributed by atoms with van der Waals surface area (Å²) in [5.41, 5.74) is 3.77. The van der Waals surface area contributed by atoms with E-state index in [1.165, 1.54) is 11.3 Å². The van der Waals surface area contributed by atoms with Crippen LogP contribution < -0.4 is 0 Å². The number of nitrogens with zero attached hydrogens (tertiary/aromatic N) is 1. The van der Waals surface area contributed by atoms with Crippen molar-refractivity contribution < 1.29 is 4.79 Å². The van der Waals surface area contributed by atoms with E-state index >= 15 is 0 Å². The minimum Gasteiger partial charge on any atom is -0.344 e. The minimum absolute atomic E-state index is 0.0586. The van der Waals surface area contributed by atoms with Gasteiger partial charge in [-0.15, -0.1) is 11.3 Å². The second-order valence-electron chi connectivity index (χ2n) is 4.92. The Labute approximate surface area is 135 Å². The van der Waals surface area contributed by atoms with Gasteiger partial charge in [0.2, 0.25) is 0 Å². The molecule has 0 saturated heterocycles. The SMILES string of the molecule is N#Cc1c(-c2cccs2)c2c([nH]c1=S)-c1ccccc1C2=O. The summed E-state index contributed by atoms with van der Waals surface area (Å²) in [6.07, 6.45) is 0. The van der Waals surface area contributed by atoms with E-state index in [2.05, 4.69) is 11.1 Å². The van der Waals surface area contributed by atoms with Crippen LogP contribution in [0, 0.1) is 16.0 Å². The van der Waals surface area contributed by atoms with Crippen molar-refractivity contribution in [1.82, 2.24) is 4.98 Å². The Morgan fingerprint density at radius 3 is 2.55 bits per heavy atom. The van der Waals surface area contributed by atoms with Crippen molar-refractivity contribution in [1.29, 1.82) is 5.26 Å². The average Bonchev–Trinajstić information content (AvgIpc) is 3.15. The van der Waals surface area contributed by atoms with Gasteiger partial charge in [-0.25, -0.2) is 0 Å². The first-order valence-electron chi connectivity index (χ1n) is 6.60. The second kappa shape index (κ2) is 4.73. The molecular formula is C17H8N2OS2. The van der Waals surface area contributed by atoms with Crippen LogP contribution in [0.2, 0.25) is 0 Å². The number of carbonyl (C=O) groups excluding carboxylic acids is 1. The van der Waals surface area contributed by atoms with Gasteiger partial charge in [0.15, 0.2) is 5.78 Å². The van der Waals surface area contributed by atoms with E-state index in [9.17, 15) is 10.1 Å². The number of aromatic nitrogens is 1. The number of benzene rings is 1. The Morgan fingerprint density at radius 1 is 1.09 bits per heavy atom. The molecule has 0 unspecified atom stereocenters. The average molecular weight is 320 g/mol. The molecule has 1 aliphatic rings. The van der Waals surface area contributed by atoms with Crippen molar-refractivity contribution in [2.24, 2.45) is 0 Å². The Morgan fingerprint density at radius 2 is 1.86 bits per heavy atom. The fraction of sp³-hybridized carbons (Fsp3) is 0. The summed E-state index contributed by atoms with van der Waals surface area (Å²) in [4.78, 5) is 16.8. The maximum Gasteiger partial charge on any atom is 0.196 e. The maximum atomic E-state index is 12.8. The fourth-order valence-corrected chi connectivity index (χ4v) is 3.87. The molecule has 1 aliphatic carbocycles. The minimum atomic E-state index is -0.0586. The van der Waals surface area contributed by atoms with Crippen molar-refractivity contribution in [3.8, 4) is 27.8 Å². The van der Waals surface area contributed by atoms with Gasteiger partial charge in [0.25, 0.3) is 0 Å². The normalized spacial score (nSPS) is 11.9. The van der Waals surface area contributed by atoms with E-state index in [0.29, 0.717) is 32.6 Å². The van der Waals surface area contributed by atoms with E-state index in [-0.39, 0.29) is 5.78 Å². The van der Waals surface area contributed by atoms with Gasteiger partial charge in [-0.3, -0.25) is 4.79 Å². The topological polar surface area (TPSA) is 56.6 Å². The molecule has 3 nitrogen and oxygen atoms in total. The smallest absolute Gasteiger partial charge is 0.196 e. The van der Waals surface area contributed by atoms with Gasteiger partial charge in [0.05, 0.1) is 16.8 Å². The highest BCUT2D eigenvalue weighted by atomic mass is 32.1. The predicted molar refractivity (Wildman–Crippen MR) is 88.5 cm³/mol. The number of aromatic amines is 1. The third-order valence-corrected chi connectivity index (χ3v) is 4.96. The molecule has 2 aromatic heterocycles. The van der Waals surface area contributed by atoms with Crippen molar-refractivity contribution in [2.75, 3.05) is 0 Å². The number of hydrogen-bond donors (Lipinski definition) is 1. The second-order valence-corrected chi connectivity index (χ2v) is 6.27. The van der Waals surface area contributed by atoms with Crippen LogP contribution in [0.3, 0.4) is 0 Å². The van der Waals surface area contributed by atoms with Gasteiger partial charge in [-0.05, 0) is 11.4 Å². The largest absolute Gasteiger partial charge is 0.344 e. The highest BCUT2D eigenvalue weighted by Gasteiger charge is 2.32. The number of pyridine rings is 1. The molecule has 0 atom stereocenters. The standard InChI is InChI=1S/C17H8N2OS2/c18-8-11-13(12-6-3-7-22-12)14-15(19-17(11)21)9-4-1-2-5-10(9)16(14)20/h1-7H,(H,19,21). The summed E-state index contributed by atoms with van der Waals surface area (Å²) in [6, 6.07) is 13.4. The zero-order valence-corrected chi connectivity index (χ0v) is 12.8. The van der Waals surface area contributed by atoms with Crippen LogP contribution in [-0.2, 0) is 0 Å². The lowest BCUT2D eigenvalue weighted by Crippen LogP contribution is -2.01. The Kier molecular flexibility index (Phi) is 2.83. The van der Waals surface area contributed by atoms with E-state index < -0.39 is 0 Å². The van der Waals surface area contributed by atoms with Gasteiger partial charge in [-0.1, -0.05) is 42.5 Å². The van der Waals surface area contributed by atoms with Gasteiger partial charge >= 0.3 is 0 Å². The zero-order valence-electron chi connectivity index (χ0n) is 11.2. The molecule has 0 fully saturated rings. The monoisotopic (exact) mass is 320 g/mol. The summed E-state index contributed by atoms with van der Waals surface area (Å²) in [6.45, 7) is 0. The molecule has 5 heteroatoms. The quantitative estimate of drug-likeness (QED) is 0.523. The van der Waals surface area contributed by atoms with E-state index in [0.717, 1.165) is 10.4 Å². The number of carbonyl (C=O) groups is 1. The lowest BCUT2D eigenvalue weighted by atomic mass is 9.99. The van der Waals surface area contributed by atoms with Crippen LogP contribution >= 0.6 is 23.6 Å². The third-order valence-electron chi connectivity index (χ3n) is 3.76. The lowest BCUT2D eigenvalue weighted by Gasteiger charge is -2.08. The number of rotatable bonds is 1. The highest BCUT2D eigenvalue weighted by Crippen LogP contribution is 2.42. The molecule has 0 radical (unpaired) electrons. The third kappa shape index (κ3) is 1.65. The molecule has 0 spiro atoms. The van der Waals surface area contributed by atoms with Crippen LogP contribution in [-0.4, -0.2) is 10.8 Å². The number of nitrogens with one attached hydrogen (secondary N) is 1. The Hall–Kier alpha value is -2.55. The van der Waals surface area contributed by atoms with Gasteiger partial charge in [0, 0.05) is 21.6 Å². The van der Waals surface area contributed by atoms with Crippen molar-refractivity contribution in [3.05, 3.63) is 63.1 Å². The maximum absolute atomic E-state index is 12.8. The summed E-state index contributed by atoms with van der Waals surface area (Å²) < 4.78 is 0.370. The summed E-state index contributed by atoms with van der Waals surface area (Å²) in [7, 11) is 0. The molecule has 0 aliphatic heterocycles. The summed E-state index contributed by atoms with van der Waals surface area (Å²) >= 11 is 6.83. The number of H-pyrrole nitrogens is 1. The number of thiophene rings is 1. The molecule has 0 bridgehead atoms. The molecule has 2 heterocycles. The first-order valence-corrected chi connectivity index (χ1v) is 7.89. The van der Waals surface area contributed by atoms with Crippen LogP contribution in [0.1, 0.15) is 21.5 Å².